The molecule has 1 aliphatic rings. The van der Waals surface area contributed by atoms with Crippen molar-refractivity contribution in [3.63, 3.8) is 0 Å². The number of hydrogen-bond donors (Lipinski definition) is 2. The van der Waals surface area contributed by atoms with Crippen LogP contribution in [0.5, 0.6) is 0 Å². The lowest BCUT2D eigenvalue weighted by atomic mass is 9.99. The smallest absolute Gasteiger partial charge is 0.411 e. The average molecular weight is 525 g/mol. The van der Waals surface area contributed by atoms with Gasteiger partial charge >= 0.3 is 6.09 Å². The number of ether oxygens (including phenoxy) is 1. The average Bonchev–Trinajstić information content (AvgIpc) is 3.27. The first-order chi connectivity index (χ1) is 18.9. The summed E-state index contributed by atoms with van der Waals surface area (Å²) in [4.78, 5) is 44.6. The number of aromatic nitrogens is 1. The van der Waals surface area contributed by atoms with Gasteiger partial charge in [-0.15, -0.1) is 0 Å². The van der Waals surface area contributed by atoms with Crippen molar-refractivity contribution in [3.8, 4) is 0 Å². The predicted molar refractivity (Wildman–Crippen MR) is 143 cm³/mol. The number of nitrogens with zero attached hydrogens (tertiary/aromatic N) is 2. The summed E-state index contributed by atoms with van der Waals surface area (Å²) in [7, 11) is 0. The van der Waals surface area contributed by atoms with E-state index >= 15 is 0 Å². The molecule has 0 aliphatic carbocycles. The molecule has 0 bridgehead atoms. The van der Waals surface area contributed by atoms with Crippen LogP contribution in [0.4, 0.5) is 20.6 Å². The molecule has 1 saturated heterocycles. The Hall–Kier alpha value is -5.05. The van der Waals surface area contributed by atoms with Crippen molar-refractivity contribution in [2.75, 3.05) is 10.6 Å². The second-order valence-electron chi connectivity index (χ2n) is 9.18. The van der Waals surface area contributed by atoms with Gasteiger partial charge in [0.2, 0.25) is 0 Å². The lowest BCUT2D eigenvalue weighted by molar-refractivity contribution is -0.121. The molecule has 2 heterocycles. The van der Waals surface area contributed by atoms with Gasteiger partial charge in [0.05, 0.1) is 12.1 Å². The minimum atomic E-state index is -1.03. The molecular weight excluding hydrogens is 499 g/mol. The zero-order chi connectivity index (χ0) is 27.4. The molecule has 0 spiro atoms. The molecular formula is C30H25FN4O4. The van der Waals surface area contributed by atoms with Crippen LogP contribution in [0.3, 0.4) is 0 Å². The monoisotopic (exact) mass is 524 g/mol. The third-order valence-corrected chi connectivity index (χ3v) is 6.34. The summed E-state index contributed by atoms with van der Waals surface area (Å²) < 4.78 is 19.1. The second-order valence-corrected chi connectivity index (χ2v) is 9.18. The van der Waals surface area contributed by atoms with E-state index in [9.17, 15) is 18.8 Å². The number of benzene rings is 3. The summed E-state index contributed by atoms with van der Waals surface area (Å²) in [6, 6.07) is 22.1. The maximum atomic E-state index is 13.6. The Bertz CT molecular complexity index is 1490. The van der Waals surface area contributed by atoms with Crippen LogP contribution in [0, 0.1) is 12.7 Å². The fourth-order valence-electron chi connectivity index (χ4n) is 4.34. The van der Waals surface area contributed by atoms with E-state index in [-0.39, 0.29) is 12.5 Å². The second kappa shape index (κ2) is 11.1. The number of anilines is 2. The van der Waals surface area contributed by atoms with E-state index in [1.165, 1.54) is 35.4 Å². The Kier molecular flexibility index (Phi) is 7.31. The van der Waals surface area contributed by atoms with Crippen LogP contribution in [0.25, 0.3) is 0 Å². The van der Waals surface area contributed by atoms with Crippen LogP contribution in [0.1, 0.15) is 33.2 Å². The van der Waals surface area contributed by atoms with Crippen molar-refractivity contribution >= 4 is 29.3 Å². The maximum Gasteiger partial charge on any atom is 0.411 e. The van der Waals surface area contributed by atoms with E-state index in [1.54, 1.807) is 42.6 Å². The number of amides is 3. The molecule has 8 nitrogen and oxygen atoms in total. The largest absolute Gasteiger partial charge is 0.438 e. The molecule has 0 unspecified atom stereocenters. The van der Waals surface area contributed by atoms with Gasteiger partial charge in [-0.3, -0.25) is 19.5 Å². The van der Waals surface area contributed by atoms with Crippen molar-refractivity contribution < 1.29 is 23.5 Å². The minimum Gasteiger partial charge on any atom is -0.438 e. The SMILES string of the molecule is Cc1ccc(CN2C(=O)O[C@H](c3cccc(NC(=O)c4cccnc4)c3)[C@H]2C(=O)Nc2ccc(F)cc2)cc1. The van der Waals surface area contributed by atoms with Gasteiger partial charge in [-0.2, -0.15) is 0 Å². The third-order valence-electron chi connectivity index (χ3n) is 6.34. The molecule has 0 saturated carbocycles. The maximum absolute atomic E-state index is 13.6. The Labute approximate surface area is 224 Å². The Morgan fingerprint density at radius 1 is 0.949 bits per heavy atom. The summed E-state index contributed by atoms with van der Waals surface area (Å²) in [6.45, 7) is 2.11. The zero-order valence-electron chi connectivity index (χ0n) is 21.0. The molecule has 2 N–H and O–H groups in total. The minimum absolute atomic E-state index is 0.147. The Balaban J connectivity index is 1.44. The lowest BCUT2D eigenvalue weighted by Gasteiger charge is -2.24. The van der Waals surface area contributed by atoms with E-state index < -0.39 is 30.0 Å². The van der Waals surface area contributed by atoms with Crippen molar-refractivity contribution in [1.82, 2.24) is 9.88 Å². The molecule has 39 heavy (non-hydrogen) atoms. The molecule has 1 aliphatic heterocycles. The Morgan fingerprint density at radius 2 is 1.72 bits per heavy atom. The number of nitrogens with one attached hydrogen (secondary N) is 2. The van der Waals surface area contributed by atoms with E-state index in [0.717, 1.165) is 11.1 Å². The molecule has 4 aromatic rings. The summed E-state index contributed by atoms with van der Waals surface area (Å²) in [5.74, 6) is -1.28. The van der Waals surface area contributed by atoms with Gasteiger partial charge in [0.15, 0.2) is 12.1 Å². The van der Waals surface area contributed by atoms with Gasteiger partial charge < -0.3 is 15.4 Å². The number of rotatable bonds is 7. The summed E-state index contributed by atoms with van der Waals surface area (Å²) >= 11 is 0. The number of carbonyl (C=O) groups excluding carboxylic acids is 3. The number of hydrogen-bond acceptors (Lipinski definition) is 5. The van der Waals surface area contributed by atoms with Gasteiger partial charge in [0.1, 0.15) is 5.82 Å². The normalized spacial score (nSPS) is 16.5. The summed E-state index contributed by atoms with van der Waals surface area (Å²) in [6.07, 6.45) is 1.42. The molecule has 1 aromatic heterocycles. The van der Waals surface area contributed by atoms with E-state index in [0.29, 0.717) is 22.5 Å². The fourth-order valence-corrected chi connectivity index (χ4v) is 4.34. The van der Waals surface area contributed by atoms with E-state index in [4.69, 9.17) is 4.74 Å². The van der Waals surface area contributed by atoms with Gasteiger partial charge in [0.25, 0.3) is 11.8 Å². The van der Waals surface area contributed by atoms with Crippen molar-refractivity contribution in [1.29, 1.82) is 0 Å². The van der Waals surface area contributed by atoms with Crippen LogP contribution >= 0.6 is 0 Å². The van der Waals surface area contributed by atoms with Gasteiger partial charge in [-0.05, 0) is 66.6 Å². The van der Waals surface area contributed by atoms with Gasteiger partial charge in [0, 0.05) is 23.8 Å². The first-order valence-electron chi connectivity index (χ1n) is 12.3. The van der Waals surface area contributed by atoms with Crippen molar-refractivity contribution in [2.24, 2.45) is 0 Å². The first kappa shape index (κ1) is 25.6. The van der Waals surface area contributed by atoms with Crippen LogP contribution < -0.4 is 10.6 Å². The van der Waals surface area contributed by atoms with Crippen molar-refractivity contribution in [3.05, 3.63) is 125 Å². The van der Waals surface area contributed by atoms with Crippen LogP contribution in [0.15, 0.2) is 97.3 Å². The molecule has 2 atom stereocenters. The van der Waals surface area contributed by atoms with Crippen molar-refractivity contribution in [2.45, 2.75) is 25.6 Å². The topological polar surface area (TPSA) is 101 Å². The van der Waals surface area contributed by atoms with Gasteiger partial charge in [-0.25, -0.2) is 9.18 Å². The highest BCUT2D eigenvalue weighted by Crippen LogP contribution is 2.35. The number of halogens is 1. The summed E-state index contributed by atoms with van der Waals surface area (Å²) in [5, 5.41) is 5.58. The van der Waals surface area contributed by atoms with Crippen LogP contribution in [-0.2, 0) is 16.1 Å². The molecule has 3 amide bonds. The molecule has 3 aromatic carbocycles. The molecule has 1 fully saturated rings. The quantitative estimate of drug-likeness (QED) is 0.333. The highest BCUT2D eigenvalue weighted by Gasteiger charge is 2.47. The molecule has 0 radical (unpaired) electrons. The zero-order valence-corrected chi connectivity index (χ0v) is 21.0. The lowest BCUT2D eigenvalue weighted by Crippen LogP contribution is -2.43. The molecule has 5 rings (SSSR count). The standard InChI is InChI=1S/C30H25FN4O4/c1-19-7-9-20(10-8-19)18-35-26(29(37)33-24-13-11-23(31)12-14-24)27(39-30(35)38)21-4-2-6-25(16-21)34-28(36)22-5-3-15-32-17-22/h2-17,26-27H,18H2,1H3,(H,33,37)(H,34,36)/t26-,27+/m0/s1. The predicted octanol–water partition coefficient (Wildman–Crippen LogP) is 5.48. The van der Waals surface area contributed by atoms with E-state index in [2.05, 4.69) is 15.6 Å². The highest BCUT2D eigenvalue weighted by molar-refractivity contribution is 6.04. The number of pyridine rings is 1. The third kappa shape index (κ3) is 5.93. The van der Waals surface area contributed by atoms with E-state index in [1.807, 2.05) is 31.2 Å². The van der Waals surface area contributed by atoms with Crippen LogP contribution in [0.2, 0.25) is 0 Å². The molecule has 196 valence electrons. The first-order valence-corrected chi connectivity index (χ1v) is 12.3. The number of carbonyl (C=O) groups is 3. The summed E-state index contributed by atoms with van der Waals surface area (Å²) in [5.41, 5.74) is 3.65. The Morgan fingerprint density at radius 3 is 2.44 bits per heavy atom. The van der Waals surface area contributed by atoms with Gasteiger partial charge in [-0.1, -0.05) is 42.0 Å². The highest BCUT2D eigenvalue weighted by atomic mass is 19.1. The fraction of sp³-hybridized carbons (Fsp3) is 0.133. The molecule has 9 heteroatoms. The number of aryl methyl sites for hydroxylation is 1. The van der Waals surface area contributed by atoms with Crippen LogP contribution in [-0.4, -0.2) is 33.8 Å². The number of cyclic esters (lactones) is 1.